The number of carbonyl (C=O) groups is 1. The number of esters is 1. The molecule has 0 heterocycles. The van der Waals surface area contributed by atoms with E-state index in [-0.39, 0.29) is 12.1 Å². The van der Waals surface area contributed by atoms with Crippen LogP contribution in [0.15, 0.2) is 25.3 Å². The largest absolute Gasteiger partial charge is 0.490 e. The van der Waals surface area contributed by atoms with E-state index in [1.807, 2.05) is 6.07 Å². The predicted molar refractivity (Wildman–Crippen MR) is 85.5 cm³/mol. The lowest BCUT2D eigenvalue weighted by Gasteiger charge is -2.24. The van der Waals surface area contributed by atoms with Gasteiger partial charge in [-0.1, -0.05) is 31.7 Å². The number of ether oxygens (including phenoxy) is 2. The molecule has 3 heteroatoms. The summed E-state index contributed by atoms with van der Waals surface area (Å²) in [5.74, 6) is 0.310. The quantitative estimate of drug-likeness (QED) is 0.749. The zero-order chi connectivity index (χ0) is 15.2. The molecule has 3 nitrogen and oxygen atoms in total. The molecule has 0 amide bonds. The van der Waals surface area contributed by atoms with Crippen molar-refractivity contribution in [2.75, 3.05) is 7.11 Å². The molecule has 21 heavy (non-hydrogen) atoms. The van der Waals surface area contributed by atoms with E-state index in [4.69, 9.17) is 9.47 Å². The Balaban J connectivity index is 2.35. The van der Waals surface area contributed by atoms with E-state index in [0.717, 1.165) is 24.0 Å². The van der Waals surface area contributed by atoms with Crippen LogP contribution in [0.5, 0.6) is 5.75 Å². The first-order valence-corrected chi connectivity index (χ1v) is 7.37. The summed E-state index contributed by atoms with van der Waals surface area (Å²) < 4.78 is 10.9. The van der Waals surface area contributed by atoms with Gasteiger partial charge in [-0.05, 0) is 48.9 Å². The molecule has 0 atom stereocenters. The topological polar surface area (TPSA) is 35.5 Å². The average molecular weight is 286 g/mol. The highest BCUT2D eigenvalue weighted by Gasteiger charge is 2.18. The van der Waals surface area contributed by atoms with Crippen molar-refractivity contribution >= 4 is 18.1 Å². The molecule has 1 aliphatic carbocycles. The Morgan fingerprint density at radius 1 is 1.19 bits per heavy atom. The van der Waals surface area contributed by atoms with Gasteiger partial charge in [0, 0.05) is 0 Å². The van der Waals surface area contributed by atoms with Crippen molar-refractivity contribution in [3.05, 3.63) is 42.0 Å². The molecule has 0 aromatic heterocycles. The molecule has 1 saturated carbocycles. The molecule has 1 aromatic carbocycles. The molecule has 0 saturated heterocycles. The first-order chi connectivity index (χ1) is 10.2. The number of methoxy groups -OCH3 is 1. The van der Waals surface area contributed by atoms with Gasteiger partial charge in [0.25, 0.3) is 0 Å². The van der Waals surface area contributed by atoms with E-state index in [9.17, 15) is 4.79 Å². The molecular weight excluding hydrogens is 264 g/mol. The Hall–Kier alpha value is -2.03. The summed E-state index contributed by atoms with van der Waals surface area (Å²) in [6, 6.07) is 3.65. The fraction of sp³-hybridized carbons (Fsp3) is 0.389. The number of hydrogen-bond donors (Lipinski definition) is 0. The van der Waals surface area contributed by atoms with Crippen LogP contribution in [-0.2, 0) is 4.74 Å². The normalized spacial score (nSPS) is 15.3. The van der Waals surface area contributed by atoms with Crippen LogP contribution in [0.25, 0.3) is 12.2 Å². The molecular formula is C18H22O3. The number of carbonyl (C=O) groups excluding carboxylic acids is 1. The van der Waals surface area contributed by atoms with Crippen LogP contribution in [-0.4, -0.2) is 19.2 Å². The third kappa shape index (κ3) is 3.54. The van der Waals surface area contributed by atoms with Crippen LogP contribution in [0.2, 0.25) is 0 Å². The minimum atomic E-state index is -0.387. The Morgan fingerprint density at radius 2 is 1.90 bits per heavy atom. The highest BCUT2D eigenvalue weighted by Crippen LogP contribution is 2.29. The van der Waals surface area contributed by atoms with E-state index >= 15 is 0 Å². The van der Waals surface area contributed by atoms with Crippen molar-refractivity contribution in [1.29, 1.82) is 0 Å². The van der Waals surface area contributed by atoms with E-state index in [1.54, 1.807) is 18.2 Å². The third-order valence-electron chi connectivity index (χ3n) is 3.87. The van der Waals surface area contributed by atoms with Gasteiger partial charge in [-0.2, -0.15) is 0 Å². The van der Waals surface area contributed by atoms with Crippen LogP contribution >= 0.6 is 0 Å². The van der Waals surface area contributed by atoms with Crippen molar-refractivity contribution in [2.45, 2.75) is 38.2 Å². The van der Waals surface area contributed by atoms with Crippen molar-refractivity contribution in [2.24, 2.45) is 0 Å². The first kappa shape index (κ1) is 15.4. The molecule has 1 aliphatic rings. The van der Waals surface area contributed by atoms with Gasteiger partial charge in [-0.15, -0.1) is 0 Å². The van der Waals surface area contributed by atoms with Crippen LogP contribution in [0.4, 0.5) is 0 Å². The predicted octanol–water partition coefficient (Wildman–Crippen LogP) is 4.47. The van der Waals surface area contributed by atoms with Gasteiger partial charge < -0.3 is 9.47 Å². The second kappa shape index (κ2) is 7.11. The zero-order valence-electron chi connectivity index (χ0n) is 12.6. The molecule has 1 aromatic rings. The minimum absolute atomic E-state index is 0.233. The summed E-state index contributed by atoms with van der Waals surface area (Å²) in [7, 11) is 1.37. The van der Waals surface area contributed by atoms with Crippen molar-refractivity contribution in [1.82, 2.24) is 0 Å². The maximum absolute atomic E-state index is 11.9. The summed E-state index contributed by atoms with van der Waals surface area (Å²) in [4.78, 5) is 11.9. The summed E-state index contributed by atoms with van der Waals surface area (Å²) in [5, 5.41) is 0. The summed E-state index contributed by atoms with van der Waals surface area (Å²) in [6.45, 7) is 7.56. The summed E-state index contributed by atoms with van der Waals surface area (Å²) in [5.41, 5.74) is 2.03. The van der Waals surface area contributed by atoms with E-state index in [1.165, 1.54) is 26.4 Å². The summed E-state index contributed by atoms with van der Waals surface area (Å²) >= 11 is 0. The smallest absolute Gasteiger partial charge is 0.338 e. The molecule has 0 N–H and O–H groups in total. The molecule has 0 spiro atoms. The highest BCUT2D eigenvalue weighted by atomic mass is 16.5. The molecule has 2 rings (SSSR count). The van der Waals surface area contributed by atoms with Gasteiger partial charge >= 0.3 is 5.97 Å². The lowest BCUT2D eigenvalue weighted by atomic mass is 9.97. The second-order valence-electron chi connectivity index (χ2n) is 5.25. The molecule has 112 valence electrons. The lowest BCUT2D eigenvalue weighted by Crippen LogP contribution is -2.20. The fourth-order valence-electron chi connectivity index (χ4n) is 2.77. The monoisotopic (exact) mass is 286 g/mol. The first-order valence-electron chi connectivity index (χ1n) is 7.37. The SMILES string of the molecule is C=Cc1cc(OC2CCCCC2)cc(C(=O)OC)c1C=C. The van der Waals surface area contributed by atoms with Gasteiger partial charge in [0.15, 0.2) is 0 Å². The minimum Gasteiger partial charge on any atom is -0.490 e. The molecule has 1 fully saturated rings. The van der Waals surface area contributed by atoms with Crippen LogP contribution in [0, 0.1) is 0 Å². The Bertz CT molecular complexity index is 540. The van der Waals surface area contributed by atoms with Gasteiger partial charge in [0.1, 0.15) is 5.75 Å². The van der Waals surface area contributed by atoms with Crippen LogP contribution in [0.1, 0.15) is 53.6 Å². The molecule has 0 unspecified atom stereocenters. The van der Waals surface area contributed by atoms with Crippen molar-refractivity contribution in [3.8, 4) is 5.75 Å². The third-order valence-corrected chi connectivity index (χ3v) is 3.87. The fourth-order valence-corrected chi connectivity index (χ4v) is 2.77. The molecule has 0 bridgehead atoms. The van der Waals surface area contributed by atoms with E-state index < -0.39 is 0 Å². The zero-order valence-corrected chi connectivity index (χ0v) is 12.6. The van der Waals surface area contributed by atoms with Gasteiger partial charge in [0.2, 0.25) is 0 Å². The lowest BCUT2D eigenvalue weighted by molar-refractivity contribution is 0.0599. The van der Waals surface area contributed by atoms with Crippen molar-refractivity contribution < 1.29 is 14.3 Å². The maximum Gasteiger partial charge on any atom is 0.338 e. The van der Waals surface area contributed by atoms with Gasteiger partial charge in [-0.3, -0.25) is 0 Å². The number of hydrogen-bond acceptors (Lipinski definition) is 3. The Kier molecular flexibility index (Phi) is 5.20. The average Bonchev–Trinajstić information content (AvgIpc) is 2.54. The highest BCUT2D eigenvalue weighted by molar-refractivity contribution is 5.95. The maximum atomic E-state index is 11.9. The second-order valence-corrected chi connectivity index (χ2v) is 5.25. The molecule has 0 radical (unpaired) electrons. The molecule has 0 aliphatic heterocycles. The van der Waals surface area contributed by atoms with Crippen LogP contribution in [0.3, 0.4) is 0 Å². The van der Waals surface area contributed by atoms with Gasteiger partial charge in [-0.25, -0.2) is 4.79 Å². The number of benzene rings is 1. The van der Waals surface area contributed by atoms with Crippen LogP contribution < -0.4 is 4.74 Å². The Labute approximate surface area is 126 Å². The number of rotatable bonds is 5. The summed E-state index contributed by atoms with van der Waals surface area (Å²) in [6.07, 6.45) is 9.41. The van der Waals surface area contributed by atoms with E-state index in [2.05, 4.69) is 13.2 Å². The Morgan fingerprint density at radius 3 is 2.48 bits per heavy atom. The van der Waals surface area contributed by atoms with E-state index in [0.29, 0.717) is 11.3 Å². The van der Waals surface area contributed by atoms with Gasteiger partial charge in [0.05, 0.1) is 18.8 Å². The standard InChI is InChI=1S/C18H22O3/c1-4-13-11-15(21-14-9-7-6-8-10-14)12-17(16(13)5-2)18(19)20-3/h4-5,11-12,14H,1-2,6-10H2,3H3. The van der Waals surface area contributed by atoms with Crippen molar-refractivity contribution in [3.63, 3.8) is 0 Å².